The summed E-state index contributed by atoms with van der Waals surface area (Å²) in [5, 5.41) is 25.0. The lowest BCUT2D eigenvalue weighted by atomic mass is 10.1. The van der Waals surface area contributed by atoms with Crippen molar-refractivity contribution in [2.45, 2.75) is 18.9 Å². The smallest absolute Gasteiger partial charge is 0.255 e. The molecule has 1 fully saturated rings. The highest BCUT2D eigenvalue weighted by atomic mass is 16.3. The van der Waals surface area contributed by atoms with Crippen molar-refractivity contribution in [2.75, 3.05) is 28.6 Å². The number of hydrogen-bond donors (Lipinski definition) is 3. The molecule has 0 spiro atoms. The molecule has 2 amide bonds. The molecular formula is C29H27N7O3. The third kappa shape index (κ3) is 5.10. The van der Waals surface area contributed by atoms with Crippen molar-refractivity contribution in [1.82, 2.24) is 19.6 Å². The van der Waals surface area contributed by atoms with Crippen LogP contribution in [-0.2, 0) is 4.79 Å². The van der Waals surface area contributed by atoms with Crippen LogP contribution in [0.15, 0.2) is 85.2 Å². The van der Waals surface area contributed by atoms with Crippen LogP contribution < -0.4 is 15.5 Å². The normalized spacial score (nSPS) is 13.9. The molecule has 2 aromatic heterocycles. The number of benzene rings is 3. The Labute approximate surface area is 224 Å². The molecular weight excluding hydrogens is 494 g/mol. The van der Waals surface area contributed by atoms with Crippen molar-refractivity contribution in [3.63, 3.8) is 0 Å². The van der Waals surface area contributed by atoms with E-state index in [1.807, 2.05) is 71.4 Å². The number of aromatic nitrogens is 4. The maximum atomic E-state index is 12.9. The molecule has 0 unspecified atom stereocenters. The second-order valence-electron chi connectivity index (χ2n) is 9.47. The largest absolute Gasteiger partial charge is 0.393 e. The Balaban J connectivity index is 1.14. The van der Waals surface area contributed by atoms with Gasteiger partial charge in [-0.1, -0.05) is 0 Å². The van der Waals surface area contributed by atoms with Crippen molar-refractivity contribution in [1.29, 1.82) is 0 Å². The standard InChI is InChI=1S/C29H27N7O3/c37-19-30-28-13-16-35(33-28)24-6-8-25(9-7-24)36-27-10-3-22(17-21(27)18-31-36)32-29(39)20-1-4-23(5-2-20)34-14-11-26(38)12-15-34/h1-10,13,16-19,26,38H,11-12,14-15H2,(H,32,39)(H,30,33,37). The topological polar surface area (TPSA) is 117 Å². The maximum absolute atomic E-state index is 12.9. The summed E-state index contributed by atoms with van der Waals surface area (Å²) in [6.07, 6.45) is 5.45. The molecule has 0 saturated carbocycles. The van der Waals surface area contributed by atoms with Crippen molar-refractivity contribution >= 4 is 40.4 Å². The van der Waals surface area contributed by atoms with Crippen molar-refractivity contribution in [3.8, 4) is 11.4 Å². The number of nitrogens with one attached hydrogen (secondary N) is 2. The van der Waals surface area contributed by atoms with Crippen LogP contribution in [0.4, 0.5) is 17.2 Å². The lowest BCUT2D eigenvalue weighted by Crippen LogP contribution is -2.35. The minimum atomic E-state index is -0.216. The zero-order valence-corrected chi connectivity index (χ0v) is 21.1. The zero-order valence-electron chi connectivity index (χ0n) is 21.1. The molecule has 0 atom stereocenters. The van der Waals surface area contributed by atoms with E-state index in [0.29, 0.717) is 23.5 Å². The van der Waals surface area contributed by atoms with Gasteiger partial charge in [0.2, 0.25) is 6.41 Å². The third-order valence-electron chi connectivity index (χ3n) is 6.94. The first-order chi connectivity index (χ1) is 19.1. The van der Waals surface area contributed by atoms with E-state index in [1.165, 1.54) is 0 Å². The first kappa shape index (κ1) is 24.4. The fraction of sp³-hybridized carbons (Fsp3) is 0.172. The minimum absolute atomic E-state index is 0.178. The molecule has 1 aliphatic heterocycles. The number of rotatable bonds is 7. The van der Waals surface area contributed by atoms with Crippen LogP contribution in [0.5, 0.6) is 0 Å². The van der Waals surface area contributed by atoms with E-state index in [-0.39, 0.29) is 12.0 Å². The predicted molar refractivity (Wildman–Crippen MR) is 150 cm³/mol. The average Bonchev–Trinajstić information content (AvgIpc) is 3.61. The highest BCUT2D eigenvalue weighted by Crippen LogP contribution is 2.24. The van der Waals surface area contributed by atoms with E-state index in [9.17, 15) is 14.7 Å². The fourth-order valence-corrected chi connectivity index (χ4v) is 4.82. The number of aliphatic hydroxyl groups excluding tert-OH is 1. The summed E-state index contributed by atoms with van der Waals surface area (Å²) < 4.78 is 3.52. The van der Waals surface area contributed by atoms with E-state index in [2.05, 4.69) is 25.7 Å². The number of piperidine rings is 1. The Kier molecular flexibility index (Phi) is 6.52. The van der Waals surface area contributed by atoms with Gasteiger partial charge < -0.3 is 20.6 Å². The van der Waals surface area contributed by atoms with Gasteiger partial charge in [0.15, 0.2) is 5.82 Å². The van der Waals surface area contributed by atoms with Gasteiger partial charge in [-0.2, -0.15) is 10.2 Å². The number of amides is 2. The van der Waals surface area contributed by atoms with Crippen molar-refractivity contribution < 1.29 is 14.7 Å². The summed E-state index contributed by atoms with van der Waals surface area (Å²) in [5.74, 6) is 0.300. The van der Waals surface area contributed by atoms with Gasteiger partial charge in [0.25, 0.3) is 5.91 Å². The number of anilines is 3. The first-order valence-electron chi connectivity index (χ1n) is 12.8. The van der Waals surface area contributed by atoms with Gasteiger partial charge in [0.1, 0.15) is 0 Å². The van der Waals surface area contributed by atoms with E-state index >= 15 is 0 Å². The van der Waals surface area contributed by atoms with Gasteiger partial charge in [0, 0.05) is 47.7 Å². The van der Waals surface area contributed by atoms with Gasteiger partial charge in [-0.25, -0.2) is 9.36 Å². The number of carbonyl (C=O) groups is 2. The van der Waals surface area contributed by atoms with Gasteiger partial charge in [-0.3, -0.25) is 9.59 Å². The van der Waals surface area contributed by atoms with Crippen LogP contribution in [0.1, 0.15) is 23.2 Å². The maximum Gasteiger partial charge on any atom is 0.255 e. The second-order valence-corrected chi connectivity index (χ2v) is 9.47. The van der Waals surface area contributed by atoms with Gasteiger partial charge in [0.05, 0.1) is 29.2 Å². The number of nitrogens with zero attached hydrogens (tertiary/aromatic N) is 5. The van der Waals surface area contributed by atoms with Gasteiger partial charge in [-0.05, 0) is 79.6 Å². The van der Waals surface area contributed by atoms with E-state index in [1.54, 1.807) is 23.1 Å². The van der Waals surface area contributed by atoms with Crippen LogP contribution in [0.2, 0.25) is 0 Å². The number of hydrogen-bond acceptors (Lipinski definition) is 6. The Hall–Kier alpha value is -4.96. The fourth-order valence-electron chi connectivity index (χ4n) is 4.82. The van der Waals surface area contributed by atoms with Crippen LogP contribution in [0.3, 0.4) is 0 Å². The molecule has 3 aromatic carbocycles. The lowest BCUT2D eigenvalue weighted by molar-refractivity contribution is -0.105. The minimum Gasteiger partial charge on any atom is -0.393 e. The monoisotopic (exact) mass is 521 g/mol. The van der Waals surface area contributed by atoms with Crippen LogP contribution in [0, 0.1) is 0 Å². The molecule has 10 nitrogen and oxygen atoms in total. The average molecular weight is 522 g/mol. The summed E-state index contributed by atoms with van der Waals surface area (Å²) in [7, 11) is 0. The van der Waals surface area contributed by atoms with Gasteiger partial charge >= 0.3 is 0 Å². The number of carbonyl (C=O) groups excluding carboxylic acids is 2. The van der Waals surface area contributed by atoms with Crippen molar-refractivity contribution in [3.05, 3.63) is 90.8 Å². The van der Waals surface area contributed by atoms with E-state index in [0.717, 1.165) is 53.9 Å². The number of fused-ring (bicyclic) bond motifs is 1. The molecule has 10 heteroatoms. The van der Waals surface area contributed by atoms with Crippen LogP contribution in [0.25, 0.3) is 22.3 Å². The van der Waals surface area contributed by atoms with Crippen LogP contribution >= 0.6 is 0 Å². The summed E-state index contributed by atoms with van der Waals surface area (Å²) >= 11 is 0. The molecule has 3 heterocycles. The molecule has 0 radical (unpaired) electrons. The third-order valence-corrected chi connectivity index (χ3v) is 6.94. The molecule has 6 rings (SSSR count). The highest BCUT2D eigenvalue weighted by Gasteiger charge is 2.17. The molecule has 39 heavy (non-hydrogen) atoms. The molecule has 5 aromatic rings. The summed E-state index contributed by atoms with van der Waals surface area (Å²) in [5.41, 5.74) is 4.97. The molecule has 3 N–H and O–H groups in total. The molecule has 0 bridgehead atoms. The van der Waals surface area contributed by atoms with Crippen molar-refractivity contribution in [2.24, 2.45) is 0 Å². The van der Waals surface area contributed by atoms with Gasteiger partial charge in [-0.15, -0.1) is 0 Å². The molecule has 0 aliphatic carbocycles. The Morgan fingerprint density at radius 2 is 1.64 bits per heavy atom. The Bertz CT molecular complexity index is 1620. The lowest BCUT2D eigenvalue weighted by Gasteiger charge is -2.31. The van der Waals surface area contributed by atoms with E-state index < -0.39 is 0 Å². The SMILES string of the molecule is O=CNc1ccn(-c2ccc(-n3ncc4cc(NC(=O)c5ccc(N6CCC(O)CC6)cc5)ccc43)cc2)n1. The summed E-state index contributed by atoms with van der Waals surface area (Å²) in [6, 6.07) is 22.7. The number of aliphatic hydroxyl groups is 1. The highest BCUT2D eigenvalue weighted by molar-refractivity contribution is 6.05. The summed E-state index contributed by atoms with van der Waals surface area (Å²) in [4.78, 5) is 25.7. The Morgan fingerprint density at radius 1 is 0.923 bits per heavy atom. The predicted octanol–water partition coefficient (Wildman–Crippen LogP) is 3.99. The quantitative estimate of drug-likeness (QED) is 0.279. The molecule has 196 valence electrons. The Morgan fingerprint density at radius 3 is 2.38 bits per heavy atom. The molecule has 1 aliphatic rings. The molecule has 1 saturated heterocycles. The first-order valence-corrected chi connectivity index (χ1v) is 12.8. The van der Waals surface area contributed by atoms with Crippen LogP contribution in [-0.4, -0.2) is 56.2 Å². The summed E-state index contributed by atoms with van der Waals surface area (Å²) in [6.45, 7) is 1.63. The zero-order chi connectivity index (χ0) is 26.8. The van der Waals surface area contributed by atoms with E-state index in [4.69, 9.17) is 0 Å². The second kappa shape index (κ2) is 10.4.